The lowest BCUT2D eigenvalue weighted by molar-refractivity contribution is -0.384. The molecule has 158 valence electrons. The Labute approximate surface area is 172 Å². The van der Waals surface area contributed by atoms with Crippen molar-refractivity contribution >= 4 is 23.2 Å². The molecule has 2 amide bonds. The third-order valence-electron chi connectivity index (χ3n) is 4.45. The summed E-state index contributed by atoms with van der Waals surface area (Å²) in [6.07, 6.45) is 0. The minimum atomic E-state index is -0.608. The first-order valence-electron chi connectivity index (χ1n) is 9.20. The summed E-state index contributed by atoms with van der Waals surface area (Å²) >= 11 is 0. The lowest BCUT2D eigenvalue weighted by atomic mass is 10.2. The van der Waals surface area contributed by atoms with Crippen molar-refractivity contribution in [2.75, 3.05) is 45.3 Å². The summed E-state index contributed by atoms with van der Waals surface area (Å²) in [5, 5.41) is 13.6. The first-order chi connectivity index (χ1) is 14.5. The number of methoxy groups -OCH3 is 1. The van der Waals surface area contributed by atoms with Crippen LogP contribution in [-0.4, -0.2) is 61.7 Å². The molecule has 10 nitrogen and oxygen atoms in total. The Kier molecular flexibility index (Phi) is 6.81. The highest BCUT2D eigenvalue weighted by Gasteiger charge is 2.19. The lowest BCUT2D eigenvalue weighted by Gasteiger charge is -2.26. The van der Waals surface area contributed by atoms with E-state index < -0.39 is 10.8 Å². The van der Waals surface area contributed by atoms with Crippen molar-refractivity contribution in [1.29, 1.82) is 0 Å². The highest BCUT2D eigenvalue weighted by atomic mass is 16.6. The Hall–Kier alpha value is -3.66. The molecule has 30 heavy (non-hydrogen) atoms. The van der Waals surface area contributed by atoms with Crippen LogP contribution < -0.4 is 14.8 Å². The standard InChI is InChI=1S/C20H21N3O7/c1-28-16-6-7-17(18(12-16)23(26)27)21-19(24)13-30-15-4-2-14(3-5-15)20(25)22-8-10-29-11-9-22/h2-7,12H,8-11,13H2,1H3,(H,21,24). The molecule has 2 aromatic rings. The van der Waals surface area contributed by atoms with Crippen LogP contribution in [0.3, 0.4) is 0 Å². The molecule has 1 saturated heterocycles. The quantitative estimate of drug-likeness (QED) is 0.543. The van der Waals surface area contributed by atoms with E-state index in [-0.39, 0.29) is 23.9 Å². The third-order valence-corrected chi connectivity index (χ3v) is 4.45. The average Bonchev–Trinajstić information content (AvgIpc) is 2.78. The molecule has 2 aromatic carbocycles. The van der Waals surface area contributed by atoms with Crippen molar-refractivity contribution in [1.82, 2.24) is 4.90 Å². The van der Waals surface area contributed by atoms with Crippen LogP contribution in [0.1, 0.15) is 10.4 Å². The number of nitro benzene ring substituents is 1. The maximum Gasteiger partial charge on any atom is 0.296 e. The first kappa shape index (κ1) is 21.1. The van der Waals surface area contributed by atoms with Crippen molar-refractivity contribution in [3.8, 4) is 11.5 Å². The van der Waals surface area contributed by atoms with Crippen molar-refractivity contribution in [3.63, 3.8) is 0 Å². The number of nitro groups is 1. The number of hydrogen-bond donors (Lipinski definition) is 1. The number of amides is 2. The minimum Gasteiger partial charge on any atom is -0.496 e. The summed E-state index contributed by atoms with van der Waals surface area (Å²) in [5.41, 5.74) is 0.275. The number of rotatable bonds is 7. The van der Waals surface area contributed by atoms with Gasteiger partial charge in [-0.2, -0.15) is 0 Å². The molecule has 0 bridgehead atoms. The number of anilines is 1. The van der Waals surface area contributed by atoms with Gasteiger partial charge >= 0.3 is 0 Å². The summed E-state index contributed by atoms with van der Waals surface area (Å²) in [7, 11) is 1.39. The predicted octanol–water partition coefficient (Wildman–Crippen LogP) is 2.09. The molecule has 1 fully saturated rings. The Morgan fingerprint density at radius 1 is 1.13 bits per heavy atom. The van der Waals surface area contributed by atoms with Crippen molar-refractivity contribution in [2.24, 2.45) is 0 Å². The highest BCUT2D eigenvalue weighted by molar-refractivity contribution is 5.95. The molecule has 1 N–H and O–H groups in total. The number of hydrogen-bond acceptors (Lipinski definition) is 7. The first-order valence-corrected chi connectivity index (χ1v) is 9.20. The molecule has 0 spiro atoms. The van der Waals surface area contributed by atoms with Gasteiger partial charge in [-0.05, 0) is 36.4 Å². The van der Waals surface area contributed by atoms with E-state index in [2.05, 4.69) is 5.32 Å². The van der Waals surface area contributed by atoms with E-state index >= 15 is 0 Å². The van der Waals surface area contributed by atoms with E-state index in [1.54, 1.807) is 29.2 Å². The van der Waals surface area contributed by atoms with Crippen LogP contribution in [0.4, 0.5) is 11.4 Å². The molecule has 1 aliphatic heterocycles. The molecule has 1 aliphatic rings. The molecule has 10 heteroatoms. The van der Waals surface area contributed by atoms with Gasteiger partial charge in [0.15, 0.2) is 6.61 Å². The molecule has 0 atom stereocenters. The van der Waals surface area contributed by atoms with Gasteiger partial charge in [-0.15, -0.1) is 0 Å². The fourth-order valence-electron chi connectivity index (χ4n) is 2.87. The average molecular weight is 415 g/mol. The van der Waals surface area contributed by atoms with Crippen LogP contribution in [0.2, 0.25) is 0 Å². The largest absolute Gasteiger partial charge is 0.496 e. The monoisotopic (exact) mass is 415 g/mol. The van der Waals surface area contributed by atoms with Gasteiger partial charge < -0.3 is 24.4 Å². The molecule has 0 radical (unpaired) electrons. The van der Waals surface area contributed by atoms with Crippen LogP contribution in [0.25, 0.3) is 0 Å². The normalized spacial score (nSPS) is 13.4. The smallest absolute Gasteiger partial charge is 0.296 e. The number of morpholine rings is 1. The summed E-state index contributed by atoms with van der Waals surface area (Å²) < 4.78 is 15.6. The molecule has 0 aliphatic carbocycles. The van der Waals surface area contributed by atoms with Crippen LogP contribution >= 0.6 is 0 Å². The van der Waals surface area contributed by atoms with Gasteiger partial charge in [0.1, 0.15) is 17.2 Å². The van der Waals surface area contributed by atoms with E-state index in [1.807, 2.05) is 0 Å². The Morgan fingerprint density at radius 3 is 2.43 bits per heavy atom. The molecular weight excluding hydrogens is 394 g/mol. The van der Waals surface area contributed by atoms with Crippen molar-refractivity contribution in [2.45, 2.75) is 0 Å². The fourth-order valence-corrected chi connectivity index (χ4v) is 2.87. The Morgan fingerprint density at radius 2 is 1.80 bits per heavy atom. The van der Waals surface area contributed by atoms with Gasteiger partial charge in [-0.25, -0.2) is 0 Å². The second-order valence-corrected chi connectivity index (χ2v) is 6.41. The number of ether oxygens (including phenoxy) is 3. The van der Waals surface area contributed by atoms with Crippen molar-refractivity contribution < 1.29 is 28.7 Å². The summed E-state index contributed by atoms with van der Waals surface area (Å²) in [5.74, 6) is 0.0571. The predicted molar refractivity (Wildman–Crippen MR) is 107 cm³/mol. The highest BCUT2D eigenvalue weighted by Crippen LogP contribution is 2.28. The molecule has 0 saturated carbocycles. The van der Waals surface area contributed by atoms with Gasteiger partial charge in [-0.3, -0.25) is 19.7 Å². The van der Waals surface area contributed by atoms with Crippen molar-refractivity contribution in [3.05, 3.63) is 58.1 Å². The van der Waals surface area contributed by atoms with Gasteiger partial charge in [0.2, 0.25) is 0 Å². The summed E-state index contributed by atoms with van der Waals surface area (Å²) in [6, 6.07) is 10.6. The van der Waals surface area contributed by atoms with Gasteiger partial charge in [-0.1, -0.05) is 0 Å². The molecule has 0 unspecified atom stereocenters. The molecule has 0 aromatic heterocycles. The number of benzene rings is 2. The summed E-state index contributed by atoms with van der Waals surface area (Å²) in [4.78, 5) is 36.8. The zero-order chi connectivity index (χ0) is 21.5. The maximum absolute atomic E-state index is 12.4. The van der Waals surface area contributed by atoms with Crippen LogP contribution in [0, 0.1) is 10.1 Å². The Bertz CT molecular complexity index is 924. The number of carbonyl (C=O) groups is 2. The van der Waals surface area contributed by atoms with Gasteiger partial charge in [0.25, 0.3) is 17.5 Å². The number of nitrogens with one attached hydrogen (secondary N) is 1. The van der Waals surface area contributed by atoms with E-state index in [9.17, 15) is 19.7 Å². The number of nitrogens with zero attached hydrogens (tertiary/aromatic N) is 2. The second kappa shape index (κ2) is 9.70. The second-order valence-electron chi connectivity index (χ2n) is 6.41. The Balaban J connectivity index is 1.56. The van der Waals surface area contributed by atoms with E-state index in [0.717, 1.165) is 0 Å². The fraction of sp³-hybridized carbons (Fsp3) is 0.300. The molecule has 1 heterocycles. The lowest BCUT2D eigenvalue weighted by Crippen LogP contribution is -2.40. The molecule has 3 rings (SSSR count). The van der Waals surface area contributed by atoms with Gasteiger partial charge in [0.05, 0.1) is 31.3 Å². The van der Waals surface area contributed by atoms with E-state index in [0.29, 0.717) is 43.4 Å². The van der Waals surface area contributed by atoms with Gasteiger partial charge in [0, 0.05) is 18.7 Å². The zero-order valence-electron chi connectivity index (χ0n) is 16.3. The van der Waals surface area contributed by atoms with Crippen LogP contribution in [0.15, 0.2) is 42.5 Å². The minimum absolute atomic E-state index is 0.0425. The van der Waals surface area contributed by atoms with E-state index in [4.69, 9.17) is 14.2 Å². The topological polar surface area (TPSA) is 120 Å². The van der Waals surface area contributed by atoms with Crippen LogP contribution in [-0.2, 0) is 9.53 Å². The maximum atomic E-state index is 12.4. The zero-order valence-corrected chi connectivity index (χ0v) is 16.3. The molecular formula is C20H21N3O7. The van der Waals surface area contributed by atoms with Crippen LogP contribution in [0.5, 0.6) is 11.5 Å². The number of carbonyl (C=O) groups excluding carboxylic acids is 2. The third kappa shape index (κ3) is 5.23. The SMILES string of the molecule is COc1ccc(NC(=O)COc2ccc(C(=O)N3CCOCC3)cc2)c([N+](=O)[O-])c1. The van der Waals surface area contributed by atoms with E-state index in [1.165, 1.54) is 25.3 Å². The summed E-state index contributed by atoms with van der Waals surface area (Å²) in [6.45, 7) is 1.80.